The van der Waals surface area contributed by atoms with Gasteiger partial charge in [-0.15, -0.1) is 0 Å². The predicted molar refractivity (Wildman–Crippen MR) is 129 cm³/mol. The highest BCUT2D eigenvalue weighted by atomic mass is 16.2. The van der Waals surface area contributed by atoms with Crippen molar-refractivity contribution in [3.8, 4) is 0 Å². The summed E-state index contributed by atoms with van der Waals surface area (Å²) in [5, 5.41) is 6.16. The number of nitrogens with two attached hydrogens (primary N) is 1. The van der Waals surface area contributed by atoms with Gasteiger partial charge in [-0.05, 0) is 66.3 Å². The quantitative estimate of drug-likeness (QED) is 0.481. The molecule has 1 fully saturated rings. The van der Waals surface area contributed by atoms with E-state index in [0.29, 0.717) is 23.6 Å². The van der Waals surface area contributed by atoms with Crippen LogP contribution in [0.1, 0.15) is 54.1 Å². The van der Waals surface area contributed by atoms with Crippen LogP contribution in [0.4, 0.5) is 11.5 Å². The SMILES string of the molecule is CCC1CCCC1(C(N)=O)c1ccc(NC(=O)c2cccnc2NCc2ccncc2)cc1. The van der Waals surface area contributed by atoms with E-state index in [1.165, 1.54) is 0 Å². The van der Waals surface area contributed by atoms with Crippen LogP contribution in [-0.2, 0) is 16.8 Å². The summed E-state index contributed by atoms with van der Waals surface area (Å²) < 4.78 is 0. The smallest absolute Gasteiger partial charge is 0.259 e. The van der Waals surface area contributed by atoms with Crippen LogP contribution in [0.5, 0.6) is 0 Å². The number of carbonyl (C=O) groups excluding carboxylic acids is 2. The minimum Gasteiger partial charge on any atom is -0.369 e. The highest BCUT2D eigenvalue weighted by Crippen LogP contribution is 2.47. The summed E-state index contributed by atoms with van der Waals surface area (Å²) in [5.74, 6) is 0.238. The number of hydrogen-bond donors (Lipinski definition) is 3. The van der Waals surface area contributed by atoms with Gasteiger partial charge in [0.1, 0.15) is 5.82 Å². The Kier molecular flexibility index (Phi) is 6.68. The van der Waals surface area contributed by atoms with Crippen LogP contribution >= 0.6 is 0 Å². The molecule has 3 aromatic rings. The molecular weight excluding hydrogens is 414 g/mol. The second kappa shape index (κ2) is 9.81. The third-order valence-corrected chi connectivity index (χ3v) is 6.67. The van der Waals surface area contributed by atoms with Crippen molar-refractivity contribution in [1.29, 1.82) is 0 Å². The number of carbonyl (C=O) groups is 2. The summed E-state index contributed by atoms with van der Waals surface area (Å²) in [5.41, 5.74) is 8.34. The predicted octanol–water partition coefficient (Wildman–Crippen LogP) is 4.27. The fourth-order valence-electron chi connectivity index (χ4n) is 4.94. The standard InChI is InChI=1S/C26H29N5O2/c1-2-19-5-3-13-26(19,25(27)33)20-7-9-21(10-8-20)31-24(32)22-6-4-14-29-23(22)30-17-18-11-15-28-16-12-18/h4,6-12,14-16,19H,2-3,5,13,17H2,1H3,(H2,27,33)(H,29,30)(H,31,32). The van der Waals surface area contributed by atoms with E-state index >= 15 is 0 Å². The van der Waals surface area contributed by atoms with Gasteiger partial charge in [-0.2, -0.15) is 0 Å². The zero-order valence-electron chi connectivity index (χ0n) is 18.8. The van der Waals surface area contributed by atoms with Crippen molar-refractivity contribution >= 4 is 23.3 Å². The molecule has 1 aromatic carbocycles. The number of rotatable bonds is 8. The van der Waals surface area contributed by atoms with Gasteiger partial charge in [0.15, 0.2) is 0 Å². The summed E-state index contributed by atoms with van der Waals surface area (Å²) in [6, 6.07) is 14.8. The molecule has 1 aliphatic rings. The second-order valence-electron chi connectivity index (χ2n) is 8.47. The molecule has 7 nitrogen and oxygen atoms in total. The Morgan fingerprint density at radius 1 is 1.09 bits per heavy atom. The third-order valence-electron chi connectivity index (χ3n) is 6.67. The first-order chi connectivity index (χ1) is 16.0. The lowest BCUT2D eigenvalue weighted by atomic mass is 9.70. The first-order valence-corrected chi connectivity index (χ1v) is 11.3. The number of aromatic nitrogens is 2. The van der Waals surface area contributed by atoms with Crippen molar-refractivity contribution in [2.45, 2.75) is 44.6 Å². The summed E-state index contributed by atoms with van der Waals surface area (Å²) in [6.07, 6.45) is 8.79. The maximum atomic E-state index is 13.0. The molecule has 4 N–H and O–H groups in total. The minimum absolute atomic E-state index is 0.250. The Labute approximate surface area is 193 Å². The van der Waals surface area contributed by atoms with Gasteiger partial charge in [0, 0.05) is 30.8 Å². The number of amides is 2. The third kappa shape index (κ3) is 4.58. The highest BCUT2D eigenvalue weighted by molar-refractivity contribution is 6.07. The molecule has 0 aliphatic heterocycles. The van der Waals surface area contributed by atoms with Crippen molar-refractivity contribution < 1.29 is 9.59 Å². The van der Waals surface area contributed by atoms with E-state index in [4.69, 9.17) is 5.73 Å². The fraction of sp³-hybridized carbons (Fsp3) is 0.308. The number of hydrogen-bond acceptors (Lipinski definition) is 5. The van der Waals surface area contributed by atoms with E-state index in [9.17, 15) is 9.59 Å². The summed E-state index contributed by atoms with van der Waals surface area (Å²) in [6.45, 7) is 2.64. The van der Waals surface area contributed by atoms with Gasteiger partial charge in [0.05, 0.1) is 11.0 Å². The van der Waals surface area contributed by atoms with Gasteiger partial charge >= 0.3 is 0 Å². The van der Waals surface area contributed by atoms with Gasteiger partial charge in [-0.25, -0.2) is 4.98 Å². The average Bonchev–Trinajstić information content (AvgIpc) is 3.29. The molecule has 4 rings (SSSR count). The lowest BCUT2D eigenvalue weighted by Gasteiger charge is -2.32. The second-order valence-corrected chi connectivity index (χ2v) is 8.47. The van der Waals surface area contributed by atoms with Crippen LogP contribution in [-0.4, -0.2) is 21.8 Å². The Morgan fingerprint density at radius 2 is 1.85 bits per heavy atom. The van der Waals surface area contributed by atoms with Crippen molar-refractivity contribution in [3.05, 3.63) is 83.8 Å². The van der Waals surface area contributed by atoms with Crippen molar-refractivity contribution in [3.63, 3.8) is 0 Å². The van der Waals surface area contributed by atoms with E-state index in [-0.39, 0.29) is 17.7 Å². The van der Waals surface area contributed by atoms with E-state index in [2.05, 4.69) is 27.5 Å². The van der Waals surface area contributed by atoms with Gasteiger partial charge in [-0.3, -0.25) is 14.6 Å². The lowest BCUT2D eigenvalue weighted by molar-refractivity contribution is -0.125. The van der Waals surface area contributed by atoms with Crippen LogP contribution < -0.4 is 16.4 Å². The Bertz CT molecular complexity index is 1120. The molecule has 2 amide bonds. The molecule has 0 bridgehead atoms. The van der Waals surface area contributed by atoms with Crippen molar-refractivity contribution in [2.75, 3.05) is 10.6 Å². The van der Waals surface area contributed by atoms with Crippen LogP contribution in [0.3, 0.4) is 0 Å². The zero-order chi connectivity index (χ0) is 23.3. The van der Waals surface area contributed by atoms with Crippen LogP contribution in [0.2, 0.25) is 0 Å². The first-order valence-electron chi connectivity index (χ1n) is 11.3. The largest absolute Gasteiger partial charge is 0.369 e. The minimum atomic E-state index is -0.620. The fourth-order valence-corrected chi connectivity index (χ4v) is 4.94. The van der Waals surface area contributed by atoms with E-state index in [0.717, 1.165) is 36.8 Å². The van der Waals surface area contributed by atoms with Crippen LogP contribution in [0.25, 0.3) is 0 Å². The highest BCUT2D eigenvalue weighted by Gasteiger charge is 2.48. The van der Waals surface area contributed by atoms with Crippen molar-refractivity contribution in [1.82, 2.24) is 9.97 Å². The molecule has 0 spiro atoms. The van der Waals surface area contributed by atoms with Gasteiger partial charge in [0.25, 0.3) is 5.91 Å². The first kappa shape index (κ1) is 22.5. The maximum absolute atomic E-state index is 13.0. The number of nitrogens with zero attached hydrogens (tertiary/aromatic N) is 2. The summed E-state index contributed by atoms with van der Waals surface area (Å²) in [7, 11) is 0. The number of primary amides is 1. The molecule has 2 aromatic heterocycles. The van der Waals surface area contributed by atoms with Crippen LogP contribution in [0.15, 0.2) is 67.1 Å². The Hall–Kier alpha value is -3.74. The molecule has 33 heavy (non-hydrogen) atoms. The van der Waals surface area contributed by atoms with E-state index in [1.54, 1.807) is 30.7 Å². The number of benzene rings is 1. The molecule has 2 atom stereocenters. The number of anilines is 2. The van der Waals surface area contributed by atoms with Gasteiger partial charge < -0.3 is 16.4 Å². The van der Waals surface area contributed by atoms with Crippen LogP contribution in [0, 0.1) is 5.92 Å². The Morgan fingerprint density at radius 3 is 2.55 bits per heavy atom. The van der Waals surface area contributed by atoms with Gasteiger partial charge in [0.2, 0.25) is 5.91 Å². The van der Waals surface area contributed by atoms with E-state index < -0.39 is 5.41 Å². The van der Waals surface area contributed by atoms with Gasteiger partial charge in [-0.1, -0.05) is 31.9 Å². The molecule has 1 aliphatic carbocycles. The summed E-state index contributed by atoms with van der Waals surface area (Å²) >= 11 is 0. The number of nitrogens with one attached hydrogen (secondary N) is 2. The monoisotopic (exact) mass is 443 g/mol. The lowest BCUT2D eigenvalue weighted by Crippen LogP contribution is -2.44. The zero-order valence-corrected chi connectivity index (χ0v) is 18.8. The topological polar surface area (TPSA) is 110 Å². The molecule has 7 heteroatoms. The maximum Gasteiger partial charge on any atom is 0.259 e. The summed E-state index contributed by atoms with van der Waals surface area (Å²) in [4.78, 5) is 33.8. The normalized spacial score (nSPS) is 19.7. The van der Waals surface area contributed by atoms with E-state index in [1.807, 2.05) is 36.4 Å². The van der Waals surface area contributed by atoms with Crippen molar-refractivity contribution in [2.24, 2.45) is 11.7 Å². The number of pyridine rings is 2. The molecule has 2 unspecified atom stereocenters. The molecule has 2 heterocycles. The average molecular weight is 444 g/mol. The molecule has 0 radical (unpaired) electrons. The molecular formula is C26H29N5O2. The Balaban J connectivity index is 1.49. The molecule has 1 saturated carbocycles. The molecule has 0 saturated heterocycles. The molecule has 170 valence electrons.